The van der Waals surface area contributed by atoms with Gasteiger partial charge in [-0.3, -0.25) is 4.79 Å². The maximum absolute atomic E-state index is 11.0. The molecule has 1 aromatic rings. The zero-order chi connectivity index (χ0) is 11.5. The van der Waals surface area contributed by atoms with Crippen LogP contribution >= 0.6 is 11.6 Å². The number of anilines is 1. The van der Waals surface area contributed by atoms with Gasteiger partial charge in [-0.15, -0.1) is 0 Å². The topological polar surface area (TPSA) is 29.5 Å². The van der Waals surface area contributed by atoms with Gasteiger partial charge in [0.2, 0.25) is 0 Å². The molecule has 1 aliphatic heterocycles. The van der Waals surface area contributed by atoms with Gasteiger partial charge in [0.1, 0.15) is 0 Å². The summed E-state index contributed by atoms with van der Waals surface area (Å²) in [5, 5.41) is 0.506. The smallest absolute Gasteiger partial charge is 0.153 e. The van der Waals surface area contributed by atoms with Crippen LogP contribution in [0.2, 0.25) is 5.02 Å². The fraction of sp³-hybridized carbons (Fsp3) is 0.417. The van der Waals surface area contributed by atoms with Crippen LogP contribution in [0.15, 0.2) is 18.2 Å². The number of aldehydes is 1. The molecule has 1 aliphatic rings. The van der Waals surface area contributed by atoms with Crippen molar-refractivity contribution in [2.24, 2.45) is 0 Å². The molecule has 0 amide bonds. The van der Waals surface area contributed by atoms with Crippen LogP contribution in [0.3, 0.4) is 0 Å². The van der Waals surface area contributed by atoms with Crippen LogP contribution in [0.4, 0.5) is 5.69 Å². The van der Waals surface area contributed by atoms with Gasteiger partial charge in [0.15, 0.2) is 6.29 Å². The lowest BCUT2D eigenvalue weighted by molar-refractivity contribution is 0.0531. The second kappa shape index (κ2) is 4.85. The van der Waals surface area contributed by atoms with Crippen LogP contribution in [0.25, 0.3) is 0 Å². The average molecular weight is 240 g/mol. The van der Waals surface area contributed by atoms with Crippen LogP contribution in [-0.2, 0) is 4.74 Å². The molecule has 3 nitrogen and oxygen atoms in total. The summed E-state index contributed by atoms with van der Waals surface area (Å²) in [5.41, 5.74) is 1.47. The molecule has 0 aromatic heterocycles. The van der Waals surface area contributed by atoms with Gasteiger partial charge in [-0.1, -0.05) is 17.7 Å². The van der Waals surface area contributed by atoms with E-state index in [2.05, 4.69) is 4.90 Å². The summed E-state index contributed by atoms with van der Waals surface area (Å²) in [6.45, 7) is 4.30. The molecule has 1 heterocycles. The molecule has 16 heavy (non-hydrogen) atoms. The number of ether oxygens (including phenoxy) is 1. The summed E-state index contributed by atoms with van der Waals surface area (Å²) >= 11 is 6.00. The molecule has 0 radical (unpaired) electrons. The maximum Gasteiger partial charge on any atom is 0.153 e. The van der Waals surface area contributed by atoms with Crippen molar-refractivity contribution < 1.29 is 9.53 Å². The molecule has 2 rings (SSSR count). The Morgan fingerprint density at radius 3 is 3.06 bits per heavy atom. The van der Waals surface area contributed by atoms with E-state index in [-0.39, 0.29) is 6.10 Å². The second-order valence-corrected chi connectivity index (χ2v) is 4.33. The quantitative estimate of drug-likeness (QED) is 0.743. The number of hydrogen-bond acceptors (Lipinski definition) is 3. The molecule has 1 atom stereocenters. The van der Waals surface area contributed by atoms with Gasteiger partial charge in [0.25, 0.3) is 0 Å². The van der Waals surface area contributed by atoms with Gasteiger partial charge in [0.05, 0.1) is 23.3 Å². The third kappa shape index (κ3) is 2.20. The molecule has 1 unspecified atom stereocenters. The van der Waals surface area contributed by atoms with Crippen molar-refractivity contribution in [2.75, 3.05) is 24.6 Å². The summed E-state index contributed by atoms with van der Waals surface area (Å²) in [4.78, 5) is 13.2. The number of halogens is 1. The number of morpholine rings is 1. The third-order valence-electron chi connectivity index (χ3n) is 2.73. The number of rotatable bonds is 2. The van der Waals surface area contributed by atoms with Crippen LogP contribution < -0.4 is 4.90 Å². The zero-order valence-electron chi connectivity index (χ0n) is 9.15. The molecular formula is C12H14ClNO2. The summed E-state index contributed by atoms with van der Waals surface area (Å²) in [7, 11) is 0. The summed E-state index contributed by atoms with van der Waals surface area (Å²) in [6.07, 6.45) is 1.00. The highest BCUT2D eigenvalue weighted by Crippen LogP contribution is 2.27. The van der Waals surface area contributed by atoms with E-state index in [1.165, 1.54) is 0 Å². The molecule has 86 valence electrons. The van der Waals surface area contributed by atoms with Crippen molar-refractivity contribution in [3.8, 4) is 0 Å². The van der Waals surface area contributed by atoms with Crippen molar-refractivity contribution >= 4 is 23.6 Å². The molecule has 0 bridgehead atoms. The molecule has 1 saturated heterocycles. The summed E-state index contributed by atoms with van der Waals surface area (Å²) < 4.78 is 5.47. The van der Waals surface area contributed by atoms with Crippen molar-refractivity contribution in [2.45, 2.75) is 13.0 Å². The van der Waals surface area contributed by atoms with E-state index < -0.39 is 0 Å². The van der Waals surface area contributed by atoms with E-state index in [0.717, 1.165) is 25.1 Å². The van der Waals surface area contributed by atoms with Gasteiger partial charge >= 0.3 is 0 Å². The Morgan fingerprint density at radius 1 is 1.56 bits per heavy atom. The summed E-state index contributed by atoms with van der Waals surface area (Å²) in [5.74, 6) is 0. The predicted octanol–water partition coefficient (Wildman–Crippen LogP) is 2.38. The number of benzene rings is 1. The molecule has 0 spiro atoms. The minimum atomic E-state index is 0.187. The molecule has 1 fully saturated rings. The SMILES string of the molecule is CC1CN(c2cccc(Cl)c2C=O)CCO1. The third-order valence-corrected chi connectivity index (χ3v) is 3.06. The number of carbonyl (C=O) groups is 1. The Balaban J connectivity index is 2.32. The average Bonchev–Trinajstić information content (AvgIpc) is 2.28. The first-order valence-corrected chi connectivity index (χ1v) is 5.70. The lowest BCUT2D eigenvalue weighted by Crippen LogP contribution is -2.41. The van der Waals surface area contributed by atoms with E-state index >= 15 is 0 Å². The Labute approximate surface area is 100.0 Å². The number of hydrogen-bond donors (Lipinski definition) is 0. The van der Waals surface area contributed by atoms with Gasteiger partial charge in [-0.25, -0.2) is 0 Å². The van der Waals surface area contributed by atoms with E-state index in [0.29, 0.717) is 17.2 Å². The molecule has 1 aromatic carbocycles. The normalized spacial score (nSPS) is 20.9. The van der Waals surface area contributed by atoms with Crippen LogP contribution in [0.5, 0.6) is 0 Å². The van der Waals surface area contributed by atoms with E-state index in [4.69, 9.17) is 16.3 Å². The highest BCUT2D eigenvalue weighted by atomic mass is 35.5. The lowest BCUT2D eigenvalue weighted by Gasteiger charge is -2.33. The highest BCUT2D eigenvalue weighted by molar-refractivity contribution is 6.33. The first-order valence-electron chi connectivity index (χ1n) is 5.32. The van der Waals surface area contributed by atoms with Crippen molar-refractivity contribution in [3.63, 3.8) is 0 Å². The van der Waals surface area contributed by atoms with E-state index in [1.54, 1.807) is 6.07 Å². The molecule has 4 heteroatoms. The van der Waals surface area contributed by atoms with Gasteiger partial charge in [-0.2, -0.15) is 0 Å². The minimum Gasteiger partial charge on any atom is -0.375 e. The van der Waals surface area contributed by atoms with Crippen LogP contribution in [-0.4, -0.2) is 32.1 Å². The number of carbonyl (C=O) groups excluding carboxylic acids is 1. The standard InChI is InChI=1S/C12H14ClNO2/c1-9-7-14(5-6-16-9)12-4-2-3-11(13)10(12)8-15/h2-4,8-9H,5-7H2,1H3. The maximum atomic E-state index is 11.0. The van der Waals surface area contributed by atoms with Crippen molar-refractivity contribution in [3.05, 3.63) is 28.8 Å². The molecule has 0 aliphatic carbocycles. The molecular weight excluding hydrogens is 226 g/mol. The van der Waals surface area contributed by atoms with E-state index in [9.17, 15) is 4.79 Å². The largest absolute Gasteiger partial charge is 0.375 e. The highest BCUT2D eigenvalue weighted by Gasteiger charge is 2.19. The second-order valence-electron chi connectivity index (χ2n) is 3.92. The van der Waals surface area contributed by atoms with Crippen LogP contribution in [0.1, 0.15) is 17.3 Å². The Hall–Kier alpha value is -1.06. The van der Waals surface area contributed by atoms with Gasteiger partial charge < -0.3 is 9.64 Å². The predicted molar refractivity (Wildman–Crippen MR) is 64.5 cm³/mol. The Morgan fingerprint density at radius 2 is 2.38 bits per heavy atom. The monoisotopic (exact) mass is 239 g/mol. The first-order chi connectivity index (χ1) is 7.72. The van der Waals surface area contributed by atoms with Crippen molar-refractivity contribution in [1.29, 1.82) is 0 Å². The summed E-state index contributed by atoms with van der Waals surface area (Å²) in [6, 6.07) is 5.52. The van der Waals surface area contributed by atoms with Crippen molar-refractivity contribution in [1.82, 2.24) is 0 Å². The fourth-order valence-electron chi connectivity index (χ4n) is 1.96. The molecule has 0 N–H and O–H groups in total. The lowest BCUT2D eigenvalue weighted by atomic mass is 10.1. The van der Waals surface area contributed by atoms with Crippen LogP contribution in [0, 0.1) is 0 Å². The van der Waals surface area contributed by atoms with Gasteiger partial charge in [-0.05, 0) is 19.1 Å². The number of nitrogens with zero attached hydrogens (tertiary/aromatic N) is 1. The molecule has 0 saturated carbocycles. The van der Waals surface area contributed by atoms with E-state index in [1.807, 2.05) is 19.1 Å². The Bertz CT molecular complexity index is 395. The minimum absolute atomic E-state index is 0.187. The van der Waals surface area contributed by atoms with Gasteiger partial charge in [0, 0.05) is 18.8 Å². The zero-order valence-corrected chi connectivity index (χ0v) is 9.91. The Kier molecular flexibility index (Phi) is 3.46. The fourth-order valence-corrected chi connectivity index (χ4v) is 2.17. The first kappa shape index (κ1) is 11.4.